The molecule has 0 aromatic rings. The topological polar surface area (TPSA) is 12.0 Å². The minimum Gasteiger partial charge on any atom is -0.314 e. The molecule has 0 aromatic heterocycles. The van der Waals surface area contributed by atoms with Crippen LogP contribution in [-0.4, -0.2) is 24.1 Å². The quantitative estimate of drug-likeness (QED) is 0.635. The molecule has 0 fully saturated rings. The van der Waals surface area contributed by atoms with Gasteiger partial charge in [0.15, 0.2) is 0 Å². The fourth-order valence-electron chi connectivity index (χ4n) is 1.78. The van der Waals surface area contributed by atoms with E-state index in [-0.39, 0.29) is 0 Å². The van der Waals surface area contributed by atoms with Gasteiger partial charge in [0.05, 0.1) is 0 Å². The molecule has 0 rings (SSSR count). The number of unbranched alkanes of at least 4 members (excludes halogenated alkanes) is 1. The van der Waals surface area contributed by atoms with Gasteiger partial charge >= 0.3 is 0 Å². The van der Waals surface area contributed by atoms with Crippen LogP contribution in [-0.2, 0) is 0 Å². The second-order valence-electron chi connectivity index (χ2n) is 5.17. The van der Waals surface area contributed by atoms with Crippen LogP contribution in [0.25, 0.3) is 0 Å². The van der Waals surface area contributed by atoms with Crippen LogP contribution in [0.5, 0.6) is 0 Å². The Balaban J connectivity index is 3.67. The summed E-state index contributed by atoms with van der Waals surface area (Å²) < 4.78 is 0. The van der Waals surface area contributed by atoms with Gasteiger partial charge in [0.2, 0.25) is 0 Å². The predicted octanol–water partition coefficient (Wildman–Crippen LogP) is 3.93. The molecular formula is C13H29NS. The first kappa shape index (κ1) is 15.3. The Morgan fingerprint density at radius 2 is 1.80 bits per heavy atom. The van der Waals surface area contributed by atoms with E-state index in [1.54, 1.807) is 0 Å². The number of hydrogen-bond acceptors (Lipinski definition) is 2. The van der Waals surface area contributed by atoms with Crippen LogP contribution >= 0.6 is 11.8 Å². The van der Waals surface area contributed by atoms with E-state index in [9.17, 15) is 0 Å². The Bertz CT molecular complexity index is 140. The lowest BCUT2D eigenvalue weighted by atomic mass is 9.84. The summed E-state index contributed by atoms with van der Waals surface area (Å²) in [6.07, 6.45) is 4.06. The van der Waals surface area contributed by atoms with Gasteiger partial charge in [-0.15, -0.1) is 0 Å². The normalized spacial score (nSPS) is 14.2. The molecule has 15 heavy (non-hydrogen) atoms. The summed E-state index contributed by atoms with van der Waals surface area (Å²) in [5, 5.41) is 3.61. The first-order valence-corrected chi connectivity index (χ1v) is 7.49. The van der Waals surface area contributed by atoms with Crippen molar-refractivity contribution in [3.05, 3.63) is 0 Å². The molecule has 0 saturated heterocycles. The van der Waals surface area contributed by atoms with E-state index < -0.39 is 0 Å². The summed E-state index contributed by atoms with van der Waals surface area (Å²) in [5.74, 6) is 2.59. The summed E-state index contributed by atoms with van der Waals surface area (Å²) in [7, 11) is 0. The maximum atomic E-state index is 3.61. The third-order valence-corrected chi connectivity index (χ3v) is 3.72. The van der Waals surface area contributed by atoms with Crippen LogP contribution in [0, 0.1) is 5.41 Å². The molecule has 0 aromatic carbocycles. The minimum atomic E-state index is 0.397. The molecule has 0 aliphatic rings. The second-order valence-corrected chi connectivity index (χ2v) is 6.56. The van der Waals surface area contributed by atoms with Gasteiger partial charge in [-0.2, -0.15) is 11.8 Å². The zero-order chi connectivity index (χ0) is 11.7. The second kappa shape index (κ2) is 8.46. The first-order valence-electron chi connectivity index (χ1n) is 6.33. The minimum absolute atomic E-state index is 0.397. The zero-order valence-corrected chi connectivity index (χ0v) is 12.0. The lowest BCUT2D eigenvalue weighted by molar-refractivity contribution is 0.254. The lowest BCUT2D eigenvalue weighted by Crippen LogP contribution is -2.40. The third-order valence-electron chi connectivity index (χ3n) is 2.73. The molecule has 0 heterocycles. The molecule has 0 amide bonds. The van der Waals surface area contributed by atoms with Crippen molar-refractivity contribution >= 4 is 11.8 Å². The molecule has 0 aliphatic carbocycles. The fraction of sp³-hybridized carbons (Fsp3) is 1.00. The fourth-order valence-corrected chi connectivity index (χ4v) is 2.48. The highest BCUT2D eigenvalue weighted by molar-refractivity contribution is 7.99. The van der Waals surface area contributed by atoms with Crippen molar-refractivity contribution in [1.82, 2.24) is 5.32 Å². The Morgan fingerprint density at radius 1 is 1.13 bits per heavy atom. The van der Waals surface area contributed by atoms with Gasteiger partial charge in [-0.05, 0) is 36.3 Å². The van der Waals surface area contributed by atoms with Crippen LogP contribution in [0.3, 0.4) is 0 Å². The van der Waals surface area contributed by atoms with E-state index >= 15 is 0 Å². The van der Waals surface area contributed by atoms with Crippen molar-refractivity contribution in [2.75, 3.05) is 18.1 Å². The predicted molar refractivity (Wildman–Crippen MR) is 73.8 cm³/mol. The zero-order valence-electron chi connectivity index (χ0n) is 11.2. The Hall–Kier alpha value is 0.310. The van der Waals surface area contributed by atoms with E-state index in [4.69, 9.17) is 0 Å². The van der Waals surface area contributed by atoms with Crippen molar-refractivity contribution < 1.29 is 0 Å². The van der Waals surface area contributed by atoms with Crippen molar-refractivity contribution in [3.8, 4) is 0 Å². The highest BCUT2D eigenvalue weighted by Gasteiger charge is 2.22. The lowest BCUT2D eigenvalue weighted by Gasteiger charge is -2.31. The smallest absolute Gasteiger partial charge is 0.0115 e. The van der Waals surface area contributed by atoms with Crippen LogP contribution < -0.4 is 5.32 Å². The van der Waals surface area contributed by atoms with Crippen LogP contribution in [0.15, 0.2) is 0 Å². The molecular weight excluding hydrogens is 202 g/mol. The molecule has 92 valence electrons. The number of rotatable bonds is 8. The summed E-state index contributed by atoms with van der Waals surface area (Å²) in [6, 6.07) is 0.675. The molecule has 1 nitrogen and oxygen atoms in total. The highest BCUT2D eigenvalue weighted by atomic mass is 32.2. The number of hydrogen-bond donors (Lipinski definition) is 1. The standard InChI is InChI=1S/C13H29NS/c1-6-14-12(13(3,4)5)10-8-9-11-15-7-2/h12,14H,6-11H2,1-5H3. The number of thioether (sulfide) groups is 1. The van der Waals surface area contributed by atoms with Gasteiger partial charge < -0.3 is 5.32 Å². The van der Waals surface area contributed by atoms with E-state index in [0.29, 0.717) is 11.5 Å². The molecule has 0 saturated carbocycles. The maximum absolute atomic E-state index is 3.61. The molecule has 0 aliphatic heterocycles. The van der Waals surface area contributed by atoms with Gasteiger partial charge in [0, 0.05) is 6.04 Å². The third kappa shape index (κ3) is 8.15. The maximum Gasteiger partial charge on any atom is 0.0115 e. The average molecular weight is 231 g/mol. The summed E-state index contributed by atoms with van der Waals surface area (Å²) in [6.45, 7) is 12.5. The van der Waals surface area contributed by atoms with E-state index in [1.807, 2.05) is 0 Å². The SMILES string of the molecule is CCNC(CCCCSCC)C(C)(C)C. The number of nitrogens with one attached hydrogen (secondary N) is 1. The average Bonchev–Trinajstić information content (AvgIpc) is 2.14. The molecule has 0 radical (unpaired) electrons. The van der Waals surface area contributed by atoms with E-state index in [0.717, 1.165) is 6.54 Å². The van der Waals surface area contributed by atoms with Gasteiger partial charge in [-0.1, -0.05) is 41.0 Å². The van der Waals surface area contributed by atoms with Crippen molar-refractivity contribution in [1.29, 1.82) is 0 Å². The van der Waals surface area contributed by atoms with Crippen LogP contribution in [0.1, 0.15) is 53.9 Å². The molecule has 0 spiro atoms. The Morgan fingerprint density at radius 3 is 2.27 bits per heavy atom. The van der Waals surface area contributed by atoms with Crippen molar-refractivity contribution in [2.45, 2.75) is 59.9 Å². The summed E-state index contributed by atoms with van der Waals surface area (Å²) in [4.78, 5) is 0. The largest absolute Gasteiger partial charge is 0.314 e. The Kier molecular flexibility index (Phi) is 8.64. The monoisotopic (exact) mass is 231 g/mol. The molecule has 1 N–H and O–H groups in total. The van der Waals surface area contributed by atoms with Crippen molar-refractivity contribution in [2.24, 2.45) is 5.41 Å². The molecule has 1 unspecified atom stereocenters. The van der Waals surface area contributed by atoms with Crippen LogP contribution in [0.4, 0.5) is 0 Å². The first-order chi connectivity index (χ1) is 7.02. The summed E-state index contributed by atoms with van der Waals surface area (Å²) >= 11 is 2.06. The van der Waals surface area contributed by atoms with Gasteiger partial charge in [-0.25, -0.2) is 0 Å². The Labute approximate surface area is 101 Å². The molecule has 0 bridgehead atoms. The molecule has 1 atom stereocenters. The van der Waals surface area contributed by atoms with Gasteiger partial charge in [0.25, 0.3) is 0 Å². The van der Waals surface area contributed by atoms with E-state index in [1.165, 1.54) is 30.8 Å². The molecule has 2 heteroatoms. The summed E-state index contributed by atoms with van der Waals surface area (Å²) in [5.41, 5.74) is 0.397. The van der Waals surface area contributed by atoms with Crippen LogP contribution in [0.2, 0.25) is 0 Å². The van der Waals surface area contributed by atoms with Crippen molar-refractivity contribution in [3.63, 3.8) is 0 Å². The van der Waals surface area contributed by atoms with Gasteiger partial charge in [-0.3, -0.25) is 0 Å². The van der Waals surface area contributed by atoms with Gasteiger partial charge in [0.1, 0.15) is 0 Å². The van der Waals surface area contributed by atoms with E-state index in [2.05, 4.69) is 51.7 Å². The highest BCUT2D eigenvalue weighted by Crippen LogP contribution is 2.23.